The third-order valence-electron chi connectivity index (χ3n) is 12.7. The Labute approximate surface area is 246 Å². The molecule has 1 N–H and O–H groups in total. The van der Waals surface area contributed by atoms with Crippen molar-refractivity contribution in [2.45, 2.75) is 116 Å². The first kappa shape index (κ1) is 29.7. The van der Waals surface area contributed by atoms with Crippen molar-refractivity contribution >= 4 is 31.8 Å². The molecule has 3 aliphatic heterocycles. The molecule has 14 heteroatoms. The van der Waals surface area contributed by atoms with Crippen LogP contribution in [0.15, 0.2) is 0 Å². The Morgan fingerprint density at radius 3 is 1.43 bits per heavy atom. The van der Waals surface area contributed by atoms with E-state index in [0.717, 1.165) is 12.8 Å². The van der Waals surface area contributed by atoms with Crippen LogP contribution in [0.3, 0.4) is 0 Å². The van der Waals surface area contributed by atoms with Crippen LogP contribution in [-0.2, 0) is 52.4 Å². The molecule has 5 aliphatic carbocycles. The normalized spacial score (nSPS) is 49.9. The van der Waals surface area contributed by atoms with Gasteiger partial charge in [0.15, 0.2) is 0 Å². The molecule has 8 rings (SSSR count). The molecule has 0 aromatic rings. The Hall–Kier alpha value is -1.00. The molecule has 11 atom stereocenters. The minimum atomic E-state index is -4.40. The number of ether oxygens (including phenoxy) is 3. The van der Waals surface area contributed by atoms with E-state index < -0.39 is 96.0 Å². The molecule has 3 heterocycles. The second kappa shape index (κ2) is 8.62. The molecule has 0 radical (unpaired) electrons. The minimum Gasteiger partial charge on any atom is -0.387 e. The van der Waals surface area contributed by atoms with Crippen LogP contribution in [0.2, 0.25) is 0 Å². The van der Waals surface area contributed by atoms with Gasteiger partial charge in [-0.1, -0.05) is 27.7 Å². The molecule has 12 nitrogen and oxygen atoms in total. The van der Waals surface area contributed by atoms with Gasteiger partial charge in [-0.2, -0.15) is 16.8 Å². The molecular formula is C28H40O12S2. The summed E-state index contributed by atoms with van der Waals surface area (Å²) >= 11 is 0. The van der Waals surface area contributed by atoms with Crippen molar-refractivity contribution in [1.29, 1.82) is 0 Å². The van der Waals surface area contributed by atoms with Crippen LogP contribution in [-0.4, -0.2) is 87.6 Å². The number of hydrogen-bond acceptors (Lipinski definition) is 12. The van der Waals surface area contributed by atoms with Crippen molar-refractivity contribution in [3.05, 3.63) is 0 Å². The van der Waals surface area contributed by atoms with Crippen molar-refractivity contribution in [2.75, 3.05) is 11.5 Å². The monoisotopic (exact) mass is 632 g/mol. The molecule has 5 unspecified atom stereocenters. The molecule has 0 amide bonds. The van der Waals surface area contributed by atoms with Gasteiger partial charge in [0.2, 0.25) is 0 Å². The Kier molecular flexibility index (Phi) is 6.10. The average molecular weight is 633 g/mol. The van der Waals surface area contributed by atoms with Gasteiger partial charge in [0.1, 0.15) is 48.2 Å². The Morgan fingerprint density at radius 1 is 0.714 bits per heavy atom. The first-order valence-corrected chi connectivity index (χ1v) is 18.0. The summed E-state index contributed by atoms with van der Waals surface area (Å²) in [5.41, 5.74) is -3.23. The number of ketones is 2. The van der Waals surface area contributed by atoms with Crippen LogP contribution in [0.25, 0.3) is 0 Å². The van der Waals surface area contributed by atoms with Gasteiger partial charge in [0.25, 0.3) is 26.2 Å². The van der Waals surface area contributed by atoms with E-state index in [2.05, 4.69) is 0 Å². The third kappa shape index (κ3) is 3.78. The van der Waals surface area contributed by atoms with E-state index in [4.69, 9.17) is 22.6 Å². The predicted molar refractivity (Wildman–Crippen MR) is 143 cm³/mol. The van der Waals surface area contributed by atoms with E-state index in [-0.39, 0.29) is 23.4 Å². The molecule has 8 fully saturated rings. The topological polar surface area (TPSA) is 169 Å². The maximum Gasteiger partial charge on any atom is 0.281 e. The highest BCUT2D eigenvalue weighted by atomic mass is 32.2. The standard InChI is InChI=1S/C28H40O12S2/c1-24(2)14-6-8-27(24,16(29)10-14)12-41(32,33)39-22-19-18(31)20-23(21(22)38-26(5,36-19)37-20)40-42(34,35)13-28-9-7-15(11-17(28)30)25(28,3)4/h14-15,18-23,31H,6-13H2,1-5H3/t14?,15?,18?,19-,20+,21?,22+,23-,26?,27-,28-/m1/s1. The molecule has 8 aliphatic rings. The van der Waals surface area contributed by atoms with Gasteiger partial charge >= 0.3 is 0 Å². The Bertz CT molecular complexity index is 1350. The number of hydrogen-bond donors (Lipinski definition) is 1. The van der Waals surface area contributed by atoms with Crippen molar-refractivity contribution < 1.29 is 54.1 Å². The largest absolute Gasteiger partial charge is 0.387 e. The second-order valence-electron chi connectivity index (χ2n) is 15.0. The van der Waals surface area contributed by atoms with Gasteiger partial charge in [0.05, 0.1) is 22.3 Å². The number of aliphatic hydroxyl groups excluding tert-OH is 1. The summed E-state index contributed by atoms with van der Waals surface area (Å²) < 4.78 is 83.1. The lowest BCUT2D eigenvalue weighted by Gasteiger charge is -2.60. The predicted octanol–water partition coefficient (Wildman–Crippen LogP) is 1.44. The van der Waals surface area contributed by atoms with Crippen molar-refractivity contribution in [2.24, 2.45) is 33.5 Å². The SMILES string of the molecule is CC12OC3[C@@H](OS(=O)(=O)C[C@]45CCC(CC4=O)C5(C)C)[C@H](O1)C(O)[C@H](O2)[C@H]3OS(=O)(=O)C[C@]12CCC(CC1=O)C2(C)C. The van der Waals surface area contributed by atoms with E-state index in [1.807, 2.05) is 27.7 Å². The van der Waals surface area contributed by atoms with Gasteiger partial charge in [-0.3, -0.25) is 18.0 Å². The van der Waals surface area contributed by atoms with Crippen LogP contribution in [0.4, 0.5) is 0 Å². The van der Waals surface area contributed by atoms with E-state index in [1.54, 1.807) is 0 Å². The van der Waals surface area contributed by atoms with Crippen molar-refractivity contribution in [3.8, 4) is 0 Å². The molecule has 42 heavy (non-hydrogen) atoms. The van der Waals surface area contributed by atoms with Crippen LogP contribution in [0, 0.1) is 33.5 Å². The highest BCUT2D eigenvalue weighted by Gasteiger charge is 2.71. The number of aliphatic hydroxyl groups is 1. The summed E-state index contributed by atoms with van der Waals surface area (Å²) in [6.45, 7) is 9.10. The average Bonchev–Trinajstić information content (AvgIpc) is 3.38. The third-order valence-corrected chi connectivity index (χ3v) is 15.4. The van der Waals surface area contributed by atoms with E-state index in [1.165, 1.54) is 6.92 Å². The summed E-state index contributed by atoms with van der Waals surface area (Å²) in [7, 11) is -8.80. The first-order chi connectivity index (χ1) is 19.3. The quantitative estimate of drug-likeness (QED) is 0.383. The lowest BCUT2D eigenvalue weighted by Crippen LogP contribution is -2.79. The van der Waals surface area contributed by atoms with E-state index in [0.29, 0.717) is 25.7 Å². The summed E-state index contributed by atoms with van der Waals surface area (Å²) in [6.07, 6.45) is -5.07. The molecule has 3 saturated heterocycles. The van der Waals surface area contributed by atoms with Crippen LogP contribution < -0.4 is 0 Å². The van der Waals surface area contributed by atoms with Crippen LogP contribution in [0.1, 0.15) is 73.1 Å². The number of fused-ring (bicyclic) bond motifs is 4. The molecule has 0 aromatic carbocycles. The summed E-state index contributed by atoms with van der Waals surface area (Å²) in [4.78, 5) is 26.0. The molecule has 0 spiro atoms. The zero-order valence-corrected chi connectivity index (χ0v) is 26.2. The van der Waals surface area contributed by atoms with Crippen molar-refractivity contribution in [3.63, 3.8) is 0 Å². The maximum atomic E-state index is 13.6. The fourth-order valence-corrected chi connectivity index (χ4v) is 13.6. The number of Topliss-reactive ketones (excluding diaryl/α,β-unsaturated/α-hetero) is 2. The highest BCUT2D eigenvalue weighted by Crippen LogP contribution is 2.65. The van der Waals surface area contributed by atoms with Crippen molar-refractivity contribution in [1.82, 2.24) is 0 Å². The lowest BCUT2D eigenvalue weighted by atomic mass is 9.70. The van der Waals surface area contributed by atoms with Crippen LogP contribution in [0.5, 0.6) is 0 Å². The molecule has 0 aromatic heterocycles. The highest BCUT2D eigenvalue weighted by molar-refractivity contribution is 7.87. The molecular weight excluding hydrogens is 592 g/mol. The fourth-order valence-electron chi connectivity index (χ4n) is 9.81. The molecule has 236 valence electrons. The zero-order chi connectivity index (χ0) is 30.5. The Balaban J connectivity index is 1.16. The summed E-state index contributed by atoms with van der Waals surface area (Å²) in [6, 6.07) is 0. The van der Waals surface area contributed by atoms with Gasteiger partial charge in [0, 0.05) is 19.8 Å². The minimum absolute atomic E-state index is 0.0975. The van der Waals surface area contributed by atoms with Crippen LogP contribution >= 0.6 is 0 Å². The van der Waals surface area contributed by atoms with Gasteiger partial charge < -0.3 is 19.3 Å². The summed E-state index contributed by atoms with van der Waals surface area (Å²) in [5.74, 6) is -2.73. The fraction of sp³-hybridized carbons (Fsp3) is 0.929. The zero-order valence-electron chi connectivity index (χ0n) is 24.5. The first-order valence-electron chi connectivity index (χ1n) is 14.9. The number of carbonyl (C=O) groups is 2. The summed E-state index contributed by atoms with van der Waals surface area (Å²) in [5, 5.41) is 11.1. The van der Waals surface area contributed by atoms with E-state index >= 15 is 0 Å². The van der Waals surface area contributed by atoms with E-state index in [9.17, 15) is 31.5 Å². The van der Waals surface area contributed by atoms with Gasteiger partial charge in [-0.05, 0) is 48.3 Å². The van der Waals surface area contributed by atoms with Gasteiger partial charge in [-0.25, -0.2) is 0 Å². The number of carbonyl (C=O) groups excluding carboxylic acids is 2. The lowest BCUT2D eigenvalue weighted by molar-refractivity contribution is -0.527. The van der Waals surface area contributed by atoms with Gasteiger partial charge in [-0.15, -0.1) is 0 Å². The second-order valence-corrected chi connectivity index (χ2v) is 18.2. The number of rotatable bonds is 8. The smallest absolute Gasteiger partial charge is 0.281 e. The maximum absolute atomic E-state index is 13.6. The molecule has 5 saturated carbocycles. The molecule has 8 bridgehead atoms. The Morgan fingerprint density at radius 2 is 1.10 bits per heavy atom.